The van der Waals surface area contributed by atoms with E-state index in [0.717, 1.165) is 43.7 Å². The maximum absolute atomic E-state index is 11.9. The molecule has 0 saturated heterocycles. The Kier molecular flexibility index (Phi) is 4.32. The number of carbonyl (C=O) groups is 1. The van der Waals surface area contributed by atoms with E-state index < -0.39 is 0 Å². The highest BCUT2D eigenvalue weighted by molar-refractivity contribution is 7.09. The Morgan fingerprint density at radius 3 is 3.00 bits per heavy atom. The molecule has 2 atom stereocenters. The van der Waals surface area contributed by atoms with Gasteiger partial charge in [0.15, 0.2) is 0 Å². The van der Waals surface area contributed by atoms with E-state index in [2.05, 4.69) is 18.8 Å². The summed E-state index contributed by atoms with van der Waals surface area (Å²) in [6, 6.07) is 0. The van der Waals surface area contributed by atoms with Gasteiger partial charge in [-0.15, -0.1) is 11.3 Å². The van der Waals surface area contributed by atoms with Gasteiger partial charge in [-0.2, -0.15) is 0 Å². The smallest absolute Gasteiger partial charge is 0.136 e. The molecule has 94 valence electrons. The first-order valence-corrected chi connectivity index (χ1v) is 7.50. The van der Waals surface area contributed by atoms with Crippen LogP contribution in [-0.4, -0.2) is 10.8 Å². The summed E-state index contributed by atoms with van der Waals surface area (Å²) in [5.74, 6) is 1.59. The van der Waals surface area contributed by atoms with Crippen molar-refractivity contribution in [3.8, 4) is 0 Å². The zero-order valence-electron chi connectivity index (χ0n) is 10.7. The van der Waals surface area contributed by atoms with Gasteiger partial charge < -0.3 is 0 Å². The highest BCUT2D eigenvalue weighted by Crippen LogP contribution is 2.31. The average molecular weight is 251 g/mol. The molecule has 0 aromatic carbocycles. The predicted molar refractivity (Wildman–Crippen MR) is 71.3 cm³/mol. The van der Waals surface area contributed by atoms with Crippen LogP contribution < -0.4 is 0 Å². The van der Waals surface area contributed by atoms with Crippen molar-refractivity contribution in [2.75, 3.05) is 0 Å². The van der Waals surface area contributed by atoms with Crippen LogP contribution in [0.3, 0.4) is 0 Å². The molecule has 1 aliphatic carbocycles. The van der Waals surface area contributed by atoms with Crippen LogP contribution in [-0.2, 0) is 11.2 Å². The monoisotopic (exact) mass is 251 g/mol. The zero-order chi connectivity index (χ0) is 12.3. The summed E-state index contributed by atoms with van der Waals surface area (Å²) in [6.07, 6.45) is 6.33. The van der Waals surface area contributed by atoms with Gasteiger partial charge in [0.1, 0.15) is 5.78 Å². The third kappa shape index (κ3) is 3.15. The van der Waals surface area contributed by atoms with E-state index in [0.29, 0.717) is 11.7 Å². The molecular formula is C14H21NOS. The predicted octanol–water partition coefficient (Wildman–Crippen LogP) is 3.78. The van der Waals surface area contributed by atoms with Crippen molar-refractivity contribution in [3.05, 3.63) is 16.1 Å². The van der Waals surface area contributed by atoms with E-state index >= 15 is 0 Å². The fourth-order valence-corrected chi connectivity index (χ4v) is 3.52. The van der Waals surface area contributed by atoms with E-state index in [4.69, 9.17) is 0 Å². The molecule has 1 aromatic heterocycles. The largest absolute Gasteiger partial charge is 0.299 e. The minimum atomic E-state index is 0.315. The maximum Gasteiger partial charge on any atom is 0.136 e. The quantitative estimate of drug-likeness (QED) is 0.815. The average Bonchev–Trinajstić information content (AvgIpc) is 2.74. The van der Waals surface area contributed by atoms with Gasteiger partial charge in [-0.1, -0.05) is 13.3 Å². The lowest BCUT2D eigenvalue weighted by molar-refractivity contribution is -0.125. The SMILES string of the molecule is CCC1CCC(=O)C(CCc2scnc2C)C1. The third-order valence-electron chi connectivity index (χ3n) is 4.01. The Morgan fingerprint density at radius 2 is 2.35 bits per heavy atom. The Bertz CT molecular complexity index is 385. The van der Waals surface area contributed by atoms with Gasteiger partial charge in [0, 0.05) is 17.2 Å². The standard InChI is InChI=1S/C14H21NOS/c1-3-11-4-6-13(16)12(8-11)5-7-14-10(2)15-9-17-14/h9,11-12H,3-8H2,1-2H3. The van der Waals surface area contributed by atoms with Crippen LogP contribution in [0.25, 0.3) is 0 Å². The Morgan fingerprint density at radius 1 is 1.53 bits per heavy atom. The second-order valence-electron chi connectivity index (χ2n) is 5.11. The van der Waals surface area contributed by atoms with Crippen LogP contribution in [0.15, 0.2) is 5.51 Å². The number of ketones is 1. The Labute approximate surface area is 107 Å². The van der Waals surface area contributed by atoms with Crippen LogP contribution >= 0.6 is 11.3 Å². The number of nitrogens with zero attached hydrogens (tertiary/aromatic N) is 1. The summed E-state index contributed by atoms with van der Waals surface area (Å²) >= 11 is 1.72. The zero-order valence-corrected chi connectivity index (χ0v) is 11.6. The van der Waals surface area contributed by atoms with E-state index in [1.165, 1.54) is 11.3 Å². The Balaban J connectivity index is 1.89. The van der Waals surface area contributed by atoms with Crippen LogP contribution in [0.4, 0.5) is 0 Å². The van der Waals surface area contributed by atoms with Gasteiger partial charge in [0.05, 0.1) is 11.2 Å². The lowest BCUT2D eigenvalue weighted by atomic mass is 9.77. The second kappa shape index (κ2) is 5.76. The molecule has 1 aromatic rings. The topological polar surface area (TPSA) is 30.0 Å². The summed E-state index contributed by atoms with van der Waals surface area (Å²) in [5, 5.41) is 0. The number of thiazole rings is 1. The van der Waals surface area contributed by atoms with Gasteiger partial charge in [-0.05, 0) is 38.5 Å². The number of Topliss-reactive ketones (excluding diaryl/α,β-unsaturated/α-hetero) is 1. The van der Waals surface area contributed by atoms with Gasteiger partial charge in [0.25, 0.3) is 0 Å². The molecule has 2 rings (SSSR count). The molecule has 0 amide bonds. The molecule has 2 nitrogen and oxygen atoms in total. The molecule has 0 aliphatic heterocycles. The number of aryl methyl sites for hydroxylation is 2. The van der Waals surface area contributed by atoms with Crippen LogP contribution in [0.1, 0.15) is 49.6 Å². The van der Waals surface area contributed by atoms with Crippen LogP contribution in [0.2, 0.25) is 0 Å². The molecule has 0 bridgehead atoms. The summed E-state index contributed by atoms with van der Waals surface area (Å²) in [5.41, 5.74) is 3.05. The molecule has 1 fully saturated rings. The second-order valence-corrected chi connectivity index (χ2v) is 6.05. The highest BCUT2D eigenvalue weighted by Gasteiger charge is 2.27. The first-order valence-electron chi connectivity index (χ1n) is 6.62. The van der Waals surface area contributed by atoms with Crippen LogP contribution in [0, 0.1) is 18.8 Å². The van der Waals surface area contributed by atoms with Crippen molar-refractivity contribution in [2.24, 2.45) is 11.8 Å². The summed E-state index contributed by atoms with van der Waals surface area (Å²) < 4.78 is 0. The molecule has 3 heteroatoms. The normalized spacial score (nSPS) is 25.2. The number of aromatic nitrogens is 1. The van der Waals surface area contributed by atoms with Crippen molar-refractivity contribution in [2.45, 2.75) is 52.4 Å². The van der Waals surface area contributed by atoms with E-state index in [1.54, 1.807) is 11.3 Å². The van der Waals surface area contributed by atoms with Crippen LogP contribution in [0.5, 0.6) is 0 Å². The Hall–Kier alpha value is -0.700. The molecular weight excluding hydrogens is 230 g/mol. The summed E-state index contributed by atoms with van der Waals surface area (Å²) in [7, 11) is 0. The highest BCUT2D eigenvalue weighted by atomic mass is 32.1. The molecule has 0 radical (unpaired) electrons. The van der Waals surface area contributed by atoms with Crippen molar-refractivity contribution in [1.82, 2.24) is 4.98 Å². The third-order valence-corrected chi connectivity index (χ3v) is 5.01. The molecule has 17 heavy (non-hydrogen) atoms. The van der Waals surface area contributed by atoms with Crippen molar-refractivity contribution in [3.63, 3.8) is 0 Å². The summed E-state index contributed by atoms with van der Waals surface area (Å²) in [4.78, 5) is 17.5. The lowest BCUT2D eigenvalue weighted by Gasteiger charge is -2.27. The van der Waals surface area contributed by atoms with Gasteiger partial charge in [-0.25, -0.2) is 4.98 Å². The molecule has 0 spiro atoms. The molecule has 0 N–H and O–H groups in total. The molecule has 1 aliphatic rings. The van der Waals surface area contributed by atoms with Gasteiger partial charge in [-0.3, -0.25) is 4.79 Å². The first-order chi connectivity index (χ1) is 8.20. The number of hydrogen-bond acceptors (Lipinski definition) is 3. The van der Waals surface area contributed by atoms with Crippen molar-refractivity contribution < 1.29 is 4.79 Å². The van der Waals surface area contributed by atoms with E-state index in [-0.39, 0.29) is 0 Å². The molecule has 1 saturated carbocycles. The van der Waals surface area contributed by atoms with Crippen molar-refractivity contribution in [1.29, 1.82) is 0 Å². The first kappa shape index (κ1) is 12.7. The van der Waals surface area contributed by atoms with Gasteiger partial charge in [0.2, 0.25) is 0 Å². The number of hydrogen-bond donors (Lipinski definition) is 0. The number of carbonyl (C=O) groups excluding carboxylic acids is 1. The maximum atomic E-state index is 11.9. The van der Waals surface area contributed by atoms with E-state index in [9.17, 15) is 4.79 Å². The minimum Gasteiger partial charge on any atom is -0.299 e. The van der Waals surface area contributed by atoms with E-state index in [1.807, 2.05) is 5.51 Å². The lowest BCUT2D eigenvalue weighted by Crippen LogP contribution is -2.25. The fourth-order valence-electron chi connectivity index (χ4n) is 2.72. The minimum absolute atomic E-state index is 0.315. The van der Waals surface area contributed by atoms with Crippen molar-refractivity contribution >= 4 is 17.1 Å². The van der Waals surface area contributed by atoms with Gasteiger partial charge >= 0.3 is 0 Å². The molecule has 1 heterocycles. The summed E-state index contributed by atoms with van der Waals surface area (Å²) in [6.45, 7) is 4.30. The number of rotatable bonds is 4. The molecule has 2 unspecified atom stereocenters. The fraction of sp³-hybridized carbons (Fsp3) is 0.714.